The normalized spacial score (nSPS) is 19.7. The Bertz CT molecular complexity index is 631. The highest BCUT2D eigenvalue weighted by Gasteiger charge is 2.39. The topological polar surface area (TPSA) is 12.0 Å². The van der Waals surface area contributed by atoms with Crippen LogP contribution < -0.4 is 5.32 Å². The Morgan fingerprint density at radius 1 is 1.15 bits per heavy atom. The van der Waals surface area contributed by atoms with Gasteiger partial charge in [0.05, 0.1) is 16.8 Å². The maximum atomic E-state index is 14.0. The molecular weight excluding hydrogens is 273 g/mol. The van der Waals surface area contributed by atoms with Gasteiger partial charge in [-0.25, -0.2) is 4.39 Å². The molecule has 2 aromatic carbocycles. The molecule has 1 aliphatic carbocycles. The second-order valence-corrected chi connectivity index (χ2v) is 6.45. The molecule has 1 nitrogen and oxygen atoms in total. The minimum atomic E-state index is -0.308. The predicted molar refractivity (Wildman–Crippen MR) is 81.7 cm³/mol. The van der Waals surface area contributed by atoms with Crippen molar-refractivity contribution in [2.24, 2.45) is 5.41 Å². The van der Waals surface area contributed by atoms with E-state index >= 15 is 0 Å². The molecule has 0 radical (unpaired) electrons. The third-order valence-corrected chi connectivity index (χ3v) is 4.36. The fraction of sp³-hybridized carbons (Fsp3) is 0.294. The Hall–Kier alpha value is -1.54. The van der Waals surface area contributed by atoms with Crippen molar-refractivity contribution in [2.75, 3.05) is 5.32 Å². The van der Waals surface area contributed by atoms with Crippen LogP contribution in [0.4, 0.5) is 10.1 Å². The van der Waals surface area contributed by atoms with Gasteiger partial charge in [-0.2, -0.15) is 0 Å². The molecule has 0 aliphatic heterocycles. The molecule has 20 heavy (non-hydrogen) atoms. The van der Waals surface area contributed by atoms with Crippen molar-refractivity contribution in [3.8, 4) is 0 Å². The summed E-state index contributed by atoms with van der Waals surface area (Å²) in [7, 11) is 0. The van der Waals surface area contributed by atoms with E-state index in [0.29, 0.717) is 10.7 Å². The van der Waals surface area contributed by atoms with E-state index in [9.17, 15) is 4.39 Å². The van der Waals surface area contributed by atoms with Crippen molar-refractivity contribution < 1.29 is 4.39 Å². The van der Waals surface area contributed by atoms with Crippen LogP contribution in [0.3, 0.4) is 0 Å². The number of hydrogen-bond acceptors (Lipinski definition) is 1. The Labute approximate surface area is 123 Å². The number of fused-ring (bicyclic) bond motifs is 1. The molecule has 1 aliphatic rings. The summed E-state index contributed by atoms with van der Waals surface area (Å²) >= 11 is 6.13. The molecule has 0 fully saturated rings. The average molecular weight is 290 g/mol. The number of para-hydroxylation sites is 1. The van der Waals surface area contributed by atoms with Gasteiger partial charge in [0.1, 0.15) is 5.82 Å². The SMILES string of the molecule is CC1(C)Cc2ccccc2C1Nc1c(F)cccc1Cl. The lowest BCUT2D eigenvalue weighted by molar-refractivity contribution is 0.336. The smallest absolute Gasteiger partial charge is 0.147 e. The summed E-state index contributed by atoms with van der Waals surface area (Å²) in [5.41, 5.74) is 2.97. The number of nitrogens with one attached hydrogen (secondary N) is 1. The summed E-state index contributed by atoms with van der Waals surface area (Å²) in [5.74, 6) is -0.308. The molecule has 0 saturated carbocycles. The minimum absolute atomic E-state index is 0.0231. The van der Waals surface area contributed by atoms with E-state index in [1.54, 1.807) is 12.1 Å². The number of benzene rings is 2. The molecule has 3 heteroatoms. The molecule has 0 amide bonds. The molecule has 0 saturated heterocycles. The van der Waals surface area contributed by atoms with Crippen LogP contribution in [0.15, 0.2) is 42.5 Å². The zero-order chi connectivity index (χ0) is 14.3. The molecule has 1 N–H and O–H groups in total. The fourth-order valence-corrected chi connectivity index (χ4v) is 3.26. The van der Waals surface area contributed by atoms with Crippen molar-refractivity contribution in [3.05, 3.63) is 64.4 Å². The standard InChI is InChI=1S/C17H17ClFN/c1-17(2)10-11-6-3-4-7-12(11)16(17)20-15-13(18)8-5-9-14(15)19/h3-9,16,20H,10H2,1-2H3. The highest BCUT2D eigenvalue weighted by molar-refractivity contribution is 6.33. The molecule has 0 aromatic heterocycles. The van der Waals surface area contributed by atoms with Gasteiger partial charge in [0.25, 0.3) is 0 Å². The first-order valence-electron chi connectivity index (χ1n) is 6.77. The van der Waals surface area contributed by atoms with E-state index in [1.165, 1.54) is 17.2 Å². The lowest BCUT2D eigenvalue weighted by atomic mass is 9.85. The van der Waals surface area contributed by atoms with Gasteiger partial charge in [-0.05, 0) is 35.1 Å². The lowest BCUT2D eigenvalue weighted by Crippen LogP contribution is -2.25. The first kappa shape index (κ1) is 13.4. The first-order chi connectivity index (χ1) is 9.49. The third kappa shape index (κ3) is 2.18. The maximum absolute atomic E-state index is 14.0. The van der Waals surface area contributed by atoms with Crippen molar-refractivity contribution in [1.29, 1.82) is 0 Å². The van der Waals surface area contributed by atoms with E-state index in [4.69, 9.17) is 11.6 Å². The van der Waals surface area contributed by atoms with Gasteiger partial charge >= 0.3 is 0 Å². The lowest BCUT2D eigenvalue weighted by Gasteiger charge is -2.30. The van der Waals surface area contributed by atoms with Crippen LogP contribution in [0.1, 0.15) is 31.0 Å². The first-order valence-corrected chi connectivity index (χ1v) is 7.15. The van der Waals surface area contributed by atoms with Gasteiger partial charge in [-0.3, -0.25) is 0 Å². The van der Waals surface area contributed by atoms with Crippen LogP contribution in [0.25, 0.3) is 0 Å². The minimum Gasteiger partial charge on any atom is -0.374 e. The second-order valence-electron chi connectivity index (χ2n) is 6.04. The molecule has 1 unspecified atom stereocenters. The highest BCUT2D eigenvalue weighted by Crippen LogP contribution is 2.47. The quantitative estimate of drug-likeness (QED) is 0.800. The van der Waals surface area contributed by atoms with E-state index in [0.717, 1.165) is 6.42 Å². The average Bonchev–Trinajstić information content (AvgIpc) is 2.64. The van der Waals surface area contributed by atoms with Crippen LogP contribution >= 0.6 is 11.6 Å². The van der Waals surface area contributed by atoms with Gasteiger partial charge in [0.2, 0.25) is 0 Å². The van der Waals surface area contributed by atoms with Gasteiger partial charge in [-0.15, -0.1) is 0 Å². The number of hydrogen-bond donors (Lipinski definition) is 1. The van der Waals surface area contributed by atoms with Crippen LogP contribution in [0.5, 0.6) is 0 Å². The van der Waals surface area contributed by atoms with Crippen LogP contribution in [-0.4, -0.2) is 0 Å². The number of rotatable bonds is 2. The van der Waals surface area contributed by atoms with E-state index in [1.807, 2.05) is 12.1 Å². The van der Waals surface area contributed by atoms with Gasteiger partial charge < -0.3 is 5.32 Å². The van der Waals surface area contributed by atoms with Crippen LogP contribution in [0, 0.1) is 11.2 Å². The van der Waals surface area contributed by atoms with Crippen molar-refractivity contribution >= 4 is 17.3 Å². The van der Waals surface area contributed by atoms with E-state index < -0.39 is 0 Å². The van der Waals surface area contributed by atoms with Gasteiger partial charge in [0, 0.05) is 0 Å². The van der Waals surface area contributed by atoms with Crippen molar-refractivity contribution in [1.82, 2.24) is 0 Å². The molecular formula is C17H17ClFN. The molecule has 3 rings (SSSR count). The Morgan fingerprint density at radius 2 is 1.90 bits per heavy atom. The zero-order valence-electron chi connectivity index (χ0n) is 11.6. The summed E-state index contributed by atoms with van der Waals surface area (Å²) < 4.78 is 14.0. The van der Waals surface area contributed by atoms with Crippen molar-refractivity contribution in [3.63, 3.8) is 0 Å². The Kier molecular flexibility index (Phi) is 3.21. The summed E-state index contributed by atoms with van der Waals surface area (Å²) in [6, 6.07) is 13.1. The van der Waals surface area contributed by atoms with Crippen molar-refractivity contribution in [2.45, 2.75) is 26.3 Å². The van der Waals surface area contributed by atoms with E-state index in [-0.39, 0.29) is 17.3 Å². The monoisotopic (exact) mass is 289 g/mol. The second kappa shape index (κ2) is 4.78. The number of halogens is 2. The van der Waals surface area contributed by atoms with Gasteiger partial charge in [0.15, 0.2) is 0 Å². The predicted octanol–water partition coefficient (Wildman–Crippen LogP) is 5.21. The summed E-state index contributed by atoms with van der Waals surface area (Å²) in [6.07, 6.45) is 0.979. The van der Waals surface area contributed by atoms with Crippen LogP contribution in [0.2, 0.25) is 5.02 Å². The van der Waals surface area contributed by atoms with Gasteiger partial charge in [-0.1, -0.05) is 55.8 Å². The molecule has 0 spiro atoms. The summed E-state index contributed by atoms with van der Waals surface area (Å²) in [6.45, 7) is 4.39. The van der Waals surface area contributed by atoms with E-state index in [2.05, 4.69) is 31.3 Å². The number of anilines is 1. The Balaban J connectivity index is 2.02. The molecule has 0 heterocycles. The molecule has 1 atom stereocenters. The maximum Gasteiger partial charge on any atom is 0.147 e. The third-order valence-electron chi connectivity index (χ3n) is 4.05. The summed E-state index contributed by atoms with van der Waals surface area (Å²) in [5, 5.41) is 3.74. The highest BCUT2D eigenvalue weighted by atomic mass is 35.5. The molecule has 2 aromatic rings. The molecule has 0 bridgehead atoms. The largest absolute Gasteiger partial charge is 0.374 e. The molecule has 104 valence electrons. The Morgan fingerprint density at radius 3 is 2.65 bits per heavy atom. The fourth-order valence-electron chi connectivity index (χ4n) is 3.04. The van der Waals surface area contributed by atoms with Crippen LogP contribution in [-0.2, 0) is 6.42 Å². The zero-order valence-corrected chi connectivity index (χ0v) is 12.3. The summed E-state index contributed by atoms with van der Waals surface area (Å²) in [4.78, 5) is 0.